The molecule has 4 rings (SSSR count). The molecule has 0 unspecified atom stereocenters. The van der Waals surface area contributed by atoms with E-state index in [1.54, 1.807) is 12.1 Å². The Morgan fingerprint density at radius 2 is 1.69 bits per heavy atom. The molecule has 0 fully saturated rings. The Labute approximate surface area is 148 Å². The first-order valence-electron chi connectivity index (χ1n) is 7.35. The van der Waals surface area contributed by atoms with E-state index in [1.165, 1.54) is 30.3 Å². The van der Waals surface area contributed by atoms with E-state index >= 15 is 0 Å². The number of fused-ring (bicyclic) bond motifs is 2. The van der Waals surface area contributed by atoms with E-state index in [4.69, 9.17) is 4.84 Å². The minimum absolute atomic E-state index is 0.0524. The zero-order chi connectivity index (χ0) is 18.4. The molecule has 0 atom stereocenters. The monoisotopic (exact) mass is 374 g/mol. The summed E-state index contributed by atoms with van der Waals surface area (Å²) in [6.45, 7) is 0. The summed E-state index contributed by atoms with van der Waals surface area (Å²) in [5.74, 6) is -2.53. The van der Waals surface area contributed by atoms with E-state index in [9.17, 15) is 23.2 Å². The van der Waals surface area contributed by atoms with E-state index in [-0.39, 0.29) is 26.9 Å². The number of rotatable bonds is 3. The summed E-state index contributed by atoms with van der Waals surface area (Å²) in [5, 5.41) is -0.0538. The van der Waals surface area contributed by atoms with Crippen molar-refractivity contribution in [2.75, 3.05) is 0 Å². The lowest BCUT2D eigenvalue weighted by Crippen LogP contribution is -2.32. The number of hydroxylamine groups is 2. The molecule has 1 aromatic heterocycles. The molecule has 26 heavy (non-hydrogen) atoms. The van der Waals surface area contributed by atoms with Crippen LogP contribution in [0.1, 0.15) is 42.5 Å². The molecule has 1 aliphatic rings. The molecule has 2 heterocycles. The third-order valence-electron chi connectivity index (χ3n) is 3.77. The fraction of sp³-hybridized carbons (Fsp3) is 0.0588. The molecule has 6 nitrogen and oxygen atoms in total. The predicted octanol–water partition coefficient (Wildman–Crippen LogP) is 3.60. The molecule has 3 aromatic rings. The van der Waals surface area contributed by atoms with Gasteiger partial charge in [0.25, 0.3) is 18.2 Å². The summed E-state index contributed by atoms with van der Waals surface area (Å²) in [7, 11) is 0. The molecular formula is C17H8F2N2O4S. The molecule has 1 aliphatic heterocycles. The van der Waals surface area contributed by atoms with Crippen LogP contribution in [0.15, 0.2) is 42.5 Å². The Bertz CT molecular complexity index is 1040. The van der Waals surface area contributed by atoms with Crippen molar-refractivity contribution in [3.05, 3.63) is 64.2 Å². The lowest BCUT2D eigenvalue weighted by molar-refractivity contribution is -0.0583. The Morgan fingerprint density at radius 3 is 2.31 bits per heavy atom. The summed E-state index contributed by atoms with van der Waals surface area (Å²) >= 11 is 0.657. The summed E-state index contributed by atoms with van der Waals surface area (Å²) in [4.78, 5) is 45.7. The highest BCUT2D eigenvalue weighted by Crippen LogP contribution is 2.32. The van der Waals surface area contributed by atoms with Gasteiger partial charge in [-0.15, -0.1) is 11.3 Å². The highest BCUT2D eigenvalue weighted by molar-refractivity contribution is 7.19. The van der Waals surface area contributed by atoms with E-state index in [2.05, 4.69) is 4.98 Å². The molecule has 0 aliphatic carbocycles. The van der Waals surface area contributed by atoms with Crippen LogP contribution in [0.2, 0.25) is 0 Å². The maximum atomic E-state index is 12.9. The number of carbonyl (C=O) groups is 3. The van der Waals surface area contributed by atoms with Gasteiger partial charge in [-0.25, -0.2) is 18.6 Å². The van der Waals surface area contributed by atoms with Gasteiger partial charge in [0, 0.05) is 0 Å². The maximum absolute atomic E-state index is 12.9. The highest BCUT2D eigenvalue weighted by Gasteiger charge is 2.39. The van der Waals surface area contributed by atoms with Crippen LogP contribution in [0.25, 0.3) is 10.2 Å². The van der Waals surface area contributed by atoms with Crippen LogP contribution in [0.4, 0.5) is 8.78 Å². The second kappa shape index (κ2) is 5.95. The molecule has 2 amide bonds. The molecule has 0 saturated carbocycles. The van der Waals surface area contributed by atoms with Crippen LogP contribution in [0.3, 0.4) is 0 Å². The Hall–Kier alpha value is -3.20. The first-order valence-corrected chi connectivity index (χ1v) is 8.16. The fourth-order valence-electron chi connectivity index (χ4n) is 2.60. The Kier molecular flexibility index (Phi) is 3.73. The topological polar surface area (TPSA) is 76.6 Å². The number of aromatic nitrogens is 1. The van der Waals surface area contributed by atoms with Gasteiger partial charge in [-0.2, -0.15) is 0 Å². The van der Waals surface area contributed by atoms with Crippen molar-refractivity contribution in [2.45, 2.75) is 6.43 Å². The summed E-state index contributed by atoms with van der Waals surface area (Å²) < 4.78 is 25.9. The van der Waals surface area contributed by atoms with Crippen LogP contribution in [-0.2, 0) is 4.84 Å². The molecule has 9 heteroatoms. The first-order chi connectivity index (χ1) is 12.5. The predicted molar refractivity (Wildman–Crippen MR) is 86.9 cm³/mol. The number of nitrogens with zero attached hydrogens (tertiary/aromatic N) is 2. The van der Waals surface area contributed by atoms with Crippen LogP contribution in [-0.4, -0.2) is 27.8 Å². The summed E-state index contributed by atoms with van der Waals surface area (Å²) in [6.07, 6.45) is -2.77. The van der Waals surface area contributed by atoms with E-state index in [1.807, 2.05) is 0 Å². The van der Waals surface area contributed by atoms with Crippen molar-refractivity contribution in [1.82, 2.24) is 10.0 Å². The van der Waals surface area contributed by atoms with Gasteiger partial charge in [-0.1, -0.05) is 23.3 Å². The number of alkyl halides is 2. The fourth-order valence-corrected chi connectivity index (χ4v) is 3.52. The average Bonchev–Trinajstić information content (AvgIpc) is 3.18. The zero-order valence-electron chi connectivity index (χ0n) is 12.8. The average molecular weight is 374 g/mol. The Balaban J connectivity index is 1.67. The molecular weight excluding hydrogens is 366 g/mol. The normalized spacial score (nSPS) is 13.6. The third-order valence-corrected chi connectivity index (χ3v) is 4.88. The quantitative estimate of drug-likeness (QED) is 0.655. The molecule has 0 spiro atoms. The second-order valence-corrected chi connectivity index (χ2v) is 6.37. The van der Waals surface area contributed by atoms with Gasteiger partial charge < -0.3 is 4.84 Å². The van der Waals surface area contributed by atoms with Crippen molar-refractivity contribution >= 4 is 39.3 Å². The standard InChI is InChI=1S/C17H8F2N2O4S/c18-13(19)14-20-11-7-3-6-10(12(11)26-14)17(24)25-21-15(22)8-4-1-2-5-9(8)16(21)23/h1-7,13H. The van der Waals surface area contributed by atoms with E-state index in [0.717, 1.165) is 0 Å². The molecule has 0 saturated heterocycles. The minimum Gasteiger partial charge on any atom is -0.324 e. The lowest BCUT2D eigenvalue weighted by atomic mass is 10.1. The van der Waals surface area contributed by atoms with Crippen molar-refractivity contribution in [3.63, 3.8) is 0 Å². The van der Waals surface area contributed by atoms with Crippen LogP contribution in [0, 0.1) is 0 Å². The van der Waals surface area contributed by atoms with Crippen molar-refractivity contribution < 1.29 is 28.0 Å². The van der Waals surface area contributed by atoms with Crippen LogP contribution in [0.5, 0.6) is 0 Å². The Morgan fingerprint density at radius 1 is 1.04 bits per heavy atom. The van der Waals surface area contributed by atoms with Gasteiger partial charge in [0.1, 0.15) is 0 Å². The number of thiazole rings is 1. The van der Waals surface area contributed by atoms with Gasteiger partial charge in [0.15, 0.2) is 5.01 Å². The minimum atomic E-state index is -2.77. The lowest BCUT2D eigenvalue weighted by Gasteiger charge is -2.12. The highest BCUT2D eigenvalue weighted by atomic mass is 32.1. The largest absolute Gasteiger partial charge is 0.365 e. The van der Waals surface area contributed by atoms with Crippen molar-refractivity contribution in [1.29, 1.82) is 0 Å². The molecule has 0 N–H and O–H groups in total. The first kappa shape index (κ1) is 16.3. The summed E-state index contributed by atoms with van der Waals surface area (Å²) in [5.41, 5.74) is 0.410. The number of halogens is 2. The number of benzene rings is 2. The van der Waals surface area contributed by atoms with Crippen molar-refractivity contribution in [3.8, 4) is 0 Å². The van der Waals surface area contributed by atoms with Gasteiger partial charge in [-0.3, -0.25) is 9.59 Å². The third kappa shape index (κ3) is 2.44. The molecule has 130 valence electrons. The van der Waals surface area contributed by atoms with Gasteiger partial charge in [-0.05, 0) is 24.3 Å². The maximum Gasteiger partial charge on any atom is 0.365 e. The molecule has 2 aromatic carbocycles. The van der Waals surface area contributed by atoms with Crippen molar-refractivity contribution in [2.24, 2.45) is 0 Å². The van der Waals surface area contributed by atoms with Crippen LogP contribution >= 0.6 is 11.3 Å². The number of hydrogen-bond donors (Lipinski definition) is 0. The summed E-state index contributed by atoms with van der Waals surface area (Å²) in [6, 6.07) is 10.4. The SMILES string of the molecule is O=C(ON1C(=O)c2ccccc2C1=O)c1cccc2nc(C(F)F)sc12. The molecule has 0 bridgehead atoms. The van der Waals surface area contributed by atoms with E-state index in [0.29, 0.717) is 16.4 Å². The number of hydrogen-bond acceptors (Lipinski definition) is 6. The van der Waals surface area contributed by atoms with Crippen LogP contribution < -0.4 is 0 Å². The van der Waals surface area contributed by atoms with Gasteiger partial charge in [0.05, 0.1) is 26.9 Å². The van der Waals surface area contributed by atoms with Gasteiger partial charge in [0.2, 0.25) is 0 Å². The zero-order valence-corrected chi connectivity index (χ0v) is 13.6. The number of carbonyl (C=O) groups excluding carboxylic acids is 3. The van der Waals surface area contributed by atoms with Gasteiger partial charge >= 0.3 is 5.97 Å². The smallest absolute Gasteiger partial charge is 0.324 e. The van der Waals surface area contributed by atoms with E-state index < -0.39 is 29.2 Å². The number of amides is 2. The number of imide groups is 1. The molecule has 0 radical (unpaired) electrons. The second-order valence-electron chi connectivity index (χ2n) is 5.34.